The van der Waals surface area contributed by atoms with E-state index in [4.69, 9.17) is 4.74 Å². The molecule has 1 atom stereocenters. The average Bonchev–Trinajstić information content (AvgIpc) is 2.76. The molecular formula is C19H15F17O2. The highest BCUT2D eigenvalue weighted by Gasteiger charge is 2.95. The molecule has 38 heavy (non-hydrogen) atoms. The molecular weight excluding hydrogens is 583 g/mol. The van der Waals surface area contributed by atoms with Gasteiger partial charge in [0.25, 0.3) is 0 Å². The van der Waals surface area contributed by atoms with Crippen LogP contribution in [0.3, 0.4) is 0 Å². The van der Waals surface area contributed by atoms with Crippen molar-refractivity contribution in [3.8, 4) is 5.75 Å². The Hall–Kier alpha value is -2.21. The second-order valence-corrected chi connectivity index (χ2v) is 7.96. The largest absolute Gasteiger partial charge is 0.496 e. The first-order valence-electron chi connectivity index (χ1n) is 9.47. The highest BCUT2D eigenvalue weighted by atomic mass is 19.4. The minimum absolute atomic E-state index is 0.436. The molecule has 0 saturated carbocycles. The van der Waals surface area contributed by atoms with Crippen LogP contribution in [0, 0.1) is 0 Å². The minimum Gasteiger partial charge on any atom is -0.496 e. The van der Waals surface area contributed by atoms with Crippen LogP contribution in [0.5, 0.6) is 5.75 Å². The molecule has 2 nitrogen and oxygen atoms in total. The highest BCUT2D eigenvalue weighted by molar-refractivity contribution is 5.38. The van der Waals surface area contributed by atoms with Crippen LogP contribution >= 0.6 is 0 Å². The van der Waals surface area contributed by atoms with Crippen molar-refractivity contribution in [3.05, 3.63) is 29.8 Å². The molecule has 0 aliphatic carbocycles. The van der Waals surface area contributed by atoms with Gasteiger partial charge >= 0.3 is 47.6 Å². The zero-order valence-corrected chi connectivity index (χ0v) is 18.8. The second-order valence-electron chi connectivity index (χ2n) is 7.96. The summed E-state index contributed by atoms with van der Waals surface area (Å²) in [6.45, 7) is 0.484. The first-order valence-corrected chi connectivity index (χ1v) is 9.47. The quantitative estimate of drug-likeness (QED) is 0.241. The Morgan fingerprint density at radius 2 is 0.921 bits per heavy atom. The van der Waals surface area contributed by atoms with E-state index < -0.39 is 71.0 Å². The first-order chi connectivity index (χ1) is 16.6. The number of benzene rings is 1. The van der Waals surface area contributed by atoms with Crippen molar-refractivity contribution in [1.29, 1.82) is 0 Å². The number of ether oxygens (including phenoxy) is 2. The van der Waals surface area contributed by atoms with Crippen LogP contribution in [0.25, 0.3) is 0 Å². The molecule has 0 amide bonds. The Bertz CT molecular complexity index is 986. The van der Waals surface area contributed by atoms with Crippen molar-refractivity contribution >= 4 is 0 Å². The van der Waals surface area contributed by atoms with Crippen LogP contribution in [0.2, 0.25) is 0 Å². The van der Waals surface area contributed by atoms with Gasteiger partial charge in [0.15, 0.2) is 0 Å². The highest BCUT2D eigenvalue weighted by Crippen LogP contribution is 2.64. The molecule has 0 aliphatic rings. The lowest BCUT2D eigenvalue weighted by atomic mass is 9.83. The van der Waals surface area contributed by atoms with Crippen LogP contribution in [0.1, 0.15) is 18.9 Å². The van der Waals surface area contributed by atoms with Gasteiger partial charge in [0.1, 0.15) is 5.75 Å². The number of hydrogen-bond donors (Lipinski definition) is 0. The lowest BCUT2D eigenvalue weighted by Gasteiger charge is -2.44. The van der Waals surface area contributed by atoms with E-state index in [9.17, 15) is 74.6 Å². The van der Waals surface area contributed by atoms with Crippen LogP contribution < -0.4 is 4.74 Å². The molecule has 19 heteroatoms. The van der Waals surface area contributed by atoms with E-state index in [1.54, 1.807) is 0 Å². The fourth-order valence-electron chi connectivity index (χ4n) is 3.09. The third-order valence-corrected chi connectivity index (χ3v) is 5.47. The average molecular weight is 598 g/mol. The van der Waals surface area contributed by atoms with Gasteiger partial charge in [0, 0.05) is 12.7 Å². The number of rotatable bonds is 11. The van der Waals surface area contributed by atoms with E-state index >= 15 is 0 Å². The van der Waals surface area contributed by atoms with Crippen molar-refractivity contribution in [2.45, 2.75) is 66.6 Å². The van der Waals surface area contributed by atoms with Gasteiger partial charge in [-0.3, -0.25) is 0 Å². The molecule has 1 rings (SSSR count). The summed E-state index contributed by atoms with van der Waals surface area (Å²) in [7, 11) is 1.41. The lowest BCUT2D eigenvalue weighted by molar-refractivity contribution is -0.462. The van der Waals surface area contributed by atoms with Gasteiger partial charge < -0.3 is 9.47 Å². The van der Waals surface area contributed by atoms with Crippen LogP contribution in [0.4, 0.5) is 74.6 Å². The van der Waals surface area contributed by atoms with Crippen molar-refractivity contribution in [3.63, 3.8) is 0 Å². The first kappa shape index (κ1) is 33.8. The summed E-state index contributed by atoms with van der Waals surface area (Å²) in [6, 6.07) is 4.04. The smallest absolute Gasteiger partial charge is 0.460 e. The van der Waals surface area contributed by atoms with Gasteiger partial charge in [-0.1, -0.05) is 18.2 Å². The Balaban J connectivity index is 3.70. The summed E-state index contributed by atoms with van der Waals surface area (Å²) in [5.74, 6) is -57.2. The molecule has 1 aromatic carbocycles. The van der Waals surface area contributed by atoms with Gasteiger partial charge in [-0.05, 0) is 13.0 Å². The van der Waals surface area contributed by atoms with Crippen LogP contribution in [-0.4, -0.2) is 61.9 Å². The Morgan fingerprint density at radius 1 is 0.553 bits per heavy atom. The molecule has 0 bridgehead atoms. The normalized spacial score (nSPS) is 16.8. The summed E-state index contributed by atoms with van der Waals surface area (Å²) in [5.41, 5.74) is -3.52. The molecule has 0 aromatic heterocycles. The standard InChI is InChI=1S/C19H15F17O2/c1-11(38-3,9-6-4-5-7-10(9)37-2)8-12(20,21)13(22,23)14(24,25)15(26,27)16(28,29)17(30,31)18(32,33)19(34,35)36/h4-7H,8H2,1-3H3. The molecule has 222 valence electrons. The van der Waals surface area contributed by atoms with Crippen molar-refractivity contribution in [2.24, 2.45) is 0 Å². The molecule has 0 saturated heterocycles. The number of para-hydroxylation sites is 1. The van der Waals surface area contributed by atoms with Gasteiger partial charge in [0.2, 0.25) is 0 Å². The minimum atomic E-state index is -8.67. The topological polar surface area (TPSA) is 18.5 Å². The van der Waals surface area contributed by atoms with Gasteiger partial charge in [-0.25, -0.2) is 0 Å². The summed E-state index contributed by atoms with van der Waals surface area (Å²) in [6.07, 6.45) is -10.6. The molecule has 1 aromatic rings. The van der Waals surface area contributed by atoms with E-state index in [1.165, 1.54) is 6.07 Å². The molecule has 0 spiro atoms. The molecule has 0 fully saturated rings. The number of methoxy groups -OCH3 is 2. The summed E-state index contributed by atoms with van der Waals surface area (Å²) in [4.78, 5) is 0. The van der Waals surface area contributed by atoms with Crippen LogP contribution in [0.15, 0.2) is 24.3 Å². The summed E-state index contributed by atoms with van der Waals surface area (Å²) in [5, 5.41) is 0. The molecule has 0 radical (unpaired) electrons. The van der Waals surface area contributed by atoms with Crippen molar-refractivity contribution in [1.82, 2.24) is 0 Å². The Morgan fingerprint density at radius 3 is 1.29 bits per heavy atom. The van der Waals surface area contributed by atoms with E-state index in [2.05, 4.69) is 4.74 Å². The molecule has 0 N–H and O–H groups in total. The zero-order chi connectivity index (χ0) is 30.6. The van der Waals surface area contributed by atoms with Gasteiger partial charge in [-0.2, -0.15) is 74.6 Å². The Kier molecular flexibility index (Phi) is 8.42. The van der Waals surface area contributed by atoms with E-state index in [-0.39, 0.29) is 0 Å². The fraction of sp³-hybridized carbons (Fsp3) is 0.684. The fourth-order valence-corrected chi connectivity index (χ4v) is 3.09. The second kappa shape index (κ2) is 9.46. The maximum Gasteiger partial charge on any atom is 0.460 e. The van der Waals surface area contributed by atoms with E-state index in [0.717, 1.165) is 25.3 Å². The van der Waals surface area contributed by atoms with Gasteiger partial charge in [0.05, 0.1) is 19.1 Å². The predicted molar refractivity (Wildman–Crippen MR) is 92.7 cm³/mol. The van der Waals surface area contributed by atoms with Gasteiger partial charge in [-0.15, -0.1) is 0 Å². The number of hydrogen-bond acceptors (Lipinski definition) is 2. The van der Waals surface area contributed by atoms with Crippen molar-refractivity contribution in [2.75, 3.05) is 14.2 Å². The molecule has 1 unspecified atom stereocenters. The van der Waals surface area contributed by atoms with Crippen LogP contribution in [-0.2, 0) is 10.3 Å². The Labute approximate surface area is 201 Å². The summed E-state index contributed by atoms with van der Waals surface area (Å²) < 4.78 is 238. The lowest BCUT2D eigenvalue weighted by Crippen LogP contribution is -2.74. The maximum absolute atomic E-state index is 14.5. The number of alkyl halides is 17. The number of halogens is 17. The van der Waals surface area contributed by atoms with E-state index in [0.29, 0.717) is 14.0 Å². The van der Waals surface area contributed by atoms with Crippen molar-refractivity contribution < 1.29 is 84.1 Å². The predicted octanol–water partition coefficient (Wildman–Crippen LogP) is 7.96. The zero-order valence-electron chi connectivity index (χ0n) is 18.8. The van der Waals surface area contributed by atoms with E-state index in [1.807, 2.05) is 0 Å². The molecule has 0 aliphatic heterocycles. The summed E-state index contributed by atoms with van der Waals surface area (Å²) >= 11 is 0. The molecule has 0 heterocycles. The third kappa shape index (κ3) is 4.61. The maximum atomic E-state index is 14.5. The SMILES string of the molecule is COc1ccccc1C(C)(CC(F)(F)C(F)(F)C(F)(F)C(F)(F)C(F)(F)C(F)(F)C(F)(F)C(F)(F)F)OC. The third-order valence-electron chi connectivity index (χ3n) is 5.47. The monoisotopic (exact) mass is 598 g/mol.